The van der Waals surface area contributed by atoms with Gasteiger partial charge in [-0.2, -0.15) is 5.10 Å². The zero-order chi connectivity index (χ0) is 24.4. The van der Waals surface area contributed by atoms with Crippen LogP contribution in [-0.4, -0.2) is 25.6 Å². The second-order valence-electron chi connectivity index (χ2n) is 9.34. The van der Waals surface area contributed by atoms with Crippen molar-refractivity contribution >= 4 is 22.2 Å². The van der Waals surface area contributed by atoms with Gasteiger partial charge >= 0.3 is 0 Å². The van der Waals surface area contributed by atoms with Crippen LogP contribution in [0.1, 0.15) is 50.7 Å². The summed E-state index contributed by atoms with van der Waals surface area (Å²) in [6.45, 7) is 11.0. The highest BCUT2D eigenvalue weighted by Crippen LogP contribution is 2.33. The van der Waals surface area contributed by atoms with Gasteiger partial charge in [-0.05, 0) is 54.7 Å². The molecule has 0 fully saturated rings. The van der Waals surface area contributed by atoms with E-state index in [0.717, 1.165) is 70.2 Å². The first-order chi connectivity index (χ1) is 17.1. The van der Waals surface area contributed by atoms with Crippen LogP contribution in [0.4, 0.5) is 0 Å². The SMILES string of the molecule is C=C(NC(CCC)CCC)c1cnn2ccc(-c3c[nH]c4ncc(-c5ccccc5C)cc34)cc12. The zero-order valence-electron chi connectivity index (χ0n) is 20.8. The quantitative estimate of drug-likeness (QED) is 0.240. The normalized spacial score (nSPS) is 11.5. The number of H-pyrrole nitrogens is 1. The van der Waals surface area contributed by atoms with E-state index >= 15 is 0 Å². The fraction of sp³-hybridized carbons (Fsp3) is 0.267. The van der Waals surface area contributed by atoms with Crippen molar-refractivity contribution in [2.24, 2.45) is 0 Å². The summed E-state index contributed by atoms with van der Waals surface area (Å²) in [4.78, 5) is 8.06. The average molecular weight is 464 g/mol. The number of hydrogen-bond donors (Lipinski definition) is 2. The molecule has 5 aromatic rings. The van der Waals surface area contributed by atoms with Crippen LogP contribution in [0.5, 0.6) is 0 Å². The molecule has 0 radical (unpaired) electrons. The van der Waals surface area contributed by atoms with Crippen LogP contribution in [-0.2, 0) is 0 Å². The van der Waals surface area contributed by atoms with E-state index in [1.54, 1.807) is 0 Å². The number of hydrogen-bond acceptors (Lipinski definition) is 3. The Morgan fingerprint density at radius 2 is 1.83 bits per heavy atom. The Kier molecular flexibility index (Phi) is 6.41. The van der Waals surface area contributed by atoms with Crippen LogP contribution < -0.4 is 5.32 Å². The van der Waals surface area contributed by atoms with E-state index in [4.69, 9.17) is 4.98 Å². The maximum absolute atomic E-state index is 4.71. The Labute approximate surface area is 206 Å². The van der Waals surface area contributed by atoms with E-state index < -0.39 is 0 Å². The van der Waals surface area contributed by atoms with Crippen molar-refractivity contribution in [3.63, 3.8) is 0 Å². The highest BCUT2D eigenvalue weighted by atomic mass is 15.2. The molecule has 0 aliphatic heterocycles. The third-order valence-electron chi connectivity index (χ3n) is 6.80. The van der Waals surface area contributed by atoms with Crippen molar-refractivity contribution in [3.8, 4) is 22.3 Å². The molecule has 0 aliphatic rings. The van der Waals surface area contributed by atoms with Gasteiger partial charge in [0.2, 0.25) is 0 Å². The van der Waals surface area contributed by atoms with Crippen molar-refractivity contribution in [2.75, 3.05) is 0 Å². The maximum atomic E-state index is 4.71. The molecule has 35 heavy (non-hydrogen) atoms. The largest absolute Gasteiger partial charge is 0.382 e. The van der Waals surface area contributed by atoms with Gasteiger partial charge in [-0.15, -0.1) is 0 Å². The molecule has 5 heteroatoms. The topological polar surface area (TPSA) is 58.0 Å². The minimum atomic E-state index is 0.440. The summed E-state index contributed by atoms with van der Waals surface area (Å²) >= 11 is 0. The number of benzene rings is 1. The molecule has 0 saturated carbocycles. The molecule has 1 aromatic carbocycles. The molecule has 5 rings (SSSR count). The van der Waals surface area contributed by atoms with Gasteiger partial charge in [0.05, 0.1) is 11.7 Å². The minimum Gasteiger partial charge on any atom is -0.382 e. The highest BCUT2D eigenvalue weighted by molar-refractivity contribution is 5.97. The highest BCUT2D eigenvalue weighted by Gasteiger charge is 2.15. The Morgan fingerprint density at radius 3 is 2.60 bits per heavy atom. The van der Waals surface area contributed by atoms with Gasteiger partial charge in [0.1, 0.15) is 5.65 Å². The fourth-order valence-corrected chi connectivity index (χ4v) is 4.98. The minimum absolute atomic E-state index is 0.440. The lowest BCUT2D eigenvalue weighted by Crippen LogP contribution is -2.27. The lowest BCUT2D eigenvalue weighted by Gasteiger charge is -2.20. The number of fused-ring (bicyclic) bond motifs is 2. The molecule has 0 unspecified atom stereocenters. The van der Waals surface area contributed by atoms with E-state index in [1.165, 1.54) is 11.1 Å². The van der Waals surface area contributed by atoms with Crippen LogP contribution in [0.3, 0.4) is 0 Å². The Morgan fingerprint density at radius 1 is 1.03 bits per heavy atom. The molecule has 4 heterocycles. The predicted octanol–water partition coefficient (Wildman–Crippen LogP) is 7.38. The van der Waals surface area contributed by atoms with Crippen molar-refractivity contribution in [2.45, 2.75) is 52.5 Å². The number of aromatic amines is 1. The summed E-state index contributed by atoms with van der Waals surface area (Å²) in [7, 11) is 0. The number of aryl methyl sites for hydroxylation is 1. The number of nitrogens with one attached hydrogen (secondary N) is 2. The summed E-state index contributed by atoms with van der Waals surface area (Å²) in [5.74, 6) is 0. The van der Waals surface area contributed by atoms with Gasteiger partial charge < -0.3 is 10.3 Å². The first-order valence-corrected chi connectivity index (χ1v) is 12.6. The molecule has 0 bridgehead atoms. The first-order valence-electron chi connectivity index (χ1n) is 12.6. The fourth-order valence-electron chi connectivity index (χ4n) is 4.98. The molecular weight excluding hydrogens is 430 g/mol. The molecule has 0 saturated heterocycles. The van der Waals surface area contributed by atoms with Crippen molar-refractivity contribution in [1.82, 2.24) is 24.9 Å². The molecule has 178 valence electrons. The van der Waals surface area contributed by atoms with E-state index in [2.05, 4.69) is 85.2 Å². The van der Waals surface area contributed by atoms with Crippen LogP contribution in [0.25, 0.3) is 44.5 Å². The van der Waals surface area contributed by atoms with Crippen molar-refractivity contribution in [3.05, 3.63) is 85.0 Å². The van der Waals surface area contributed by atoms with Gasteiger partial charge in [0.25, 0.3) is 0 Å². The Bertz CT molecular complexity index is 1480. The van der Waals surface area contributed by atoms with E-state index in [-0.39, 0.29) is 0 Å². The van der Waals surface area contributed by atoms with Gasteiger partial charge in [-0.3, -0.25) is 0 Å². The number of pyridine rings is 2. The monoisotopic (exact) mass is 463 g/mol. The van der Waals surface area contributed by atoms with Crippen LogP contribution in [0.2, 0.25) is 0 Å². The van der Waals surface area contributed by atoms with Gasteiger partial charge in [-0.25, -0.2) is 9.50 Å². The van der Waals surface area contributed by atoms with Crippen molar-refractivity contribution < 1.29 is 0 Å². The summed E-state index contributed by atoms with van der Waals surface area (Å²) in [6.07, 6.45) is 12.5. The van der Waals surface area contributed by atoms with E-state index in [0.29, 0.717) is 6.04 Å². The van der Waals surface area contributed by atoms with Crippen LogP contribution in [0.15, 0.2) is 73.8 Å². The Balaban J connectivity index is 1.53. The molecule has 0 atom stereocenters. The van der Waals surface area contributed by atoms with Crippen LogP contribution in [0, 0.1) is 6.92 Å². The molecule has 5 nitrogen and oxygen atoms in total. The first kappa shape index (κ1) is 22.9. The number of rotatable bonds is 9. The predicted molar refractivity (Wildman–Crippen MR) is 146 cm³/mol. The molecular formula is C30H33N5. The molecule has 0 aliphatic carbocycles. The molecule has 0 spiro atoms. The zero-order valence-corrected chi connectivity index (χ0v) is 20.8. The Hall–Kier alpha value is -3.86. The summed E-state index contributed by atoms with van der Waals surface area (Å²) in [5, 5.41) is 9.36. The second-order valence-corrected chi connectivity index (χ2v) is 9.34. The van der Waals surface area contributed by atoms with Gasteiger partial charge in [0, 0.05) is 52.4 Å². The maximum Gasteiger partial charge on any atom is 0.137 e. The van der Waals surface area contributed by atoms with Crippen molar-refractivity contribution in [1.29, 1.82) is 0 Å². The lowest BCUT2D eigenvalue weighted by molar-refractivity contribution is 0.502. The number of aromatic nitrogens is 4. The van der Waals surface area contributed by atoms with E-state index in [9.17, 15) is 0 Å². The molecule has 4 aromatic heterocycles. The van der Waals surface area contributed by atoms with E-state index in [1.807, 2.05) is 29.3 Å². The van der Waals surface area contributed by atoms with Crippen LogP contribution >= 0.6 is 0 Å². The standard InChI is InChI=1S/C30H33N5/c1-5-9-24(10-6-2)34-21(4)27-19-33-35-14-13-22(16-29(27)35)28-18-32-30-26(28)15-23(17-31-30)25-12-8-7-11-20(25)3/h7-8,11-19,24,34H,4-6,9-10H2,1-3H3,(H,31,32). The number of nitrogens with zero attached hydrogens (tertiary/aromatic N) is 3. The smallest absolute Gasteiger partial charge is 0.137 e. The average Bonchev–Trinajstić information content (AvgIpc) is 3.48. The summed E-state index contributed by atoms with van der Waals surface area (Å²) in [6, 6.07) is 15.4. The molecule has 0 amide bonds. The van der Waals surface area contributed by atoms with Gasteiger partial charge in [-0.1, -0.05) is 57.5 Å². The third kappa shape index (κ3) is 4.46. The second kappa shape index (κ2) is 9.79. The van der Waals surface area contributed by atoms with Gasteiger partial charge in [0.15, 0.2) is 0 Å². The lowest BCUT2D eigenvalue weighted by atomic mass is 9.99. The molecule has 2 N–H and O–H groups in total. The summed E-state index contributed by atoms with van der Waals surface area (Å²) in [5.41, 5.74) is 9.74. The summed E-state index contributed by atoms with van der Waals surface area (Å²) < 4.78 is 1.92. The third-order valence-corrected chi connectivity index (χ3v) is 6.80.